The van der Waals surface area contributed by atoms with E-state index in [2.05, 4.69) is 53.7 Å². The maximum atomic E-state index is 13.8. The first-order chi connectivity index (χ1) is 31.4. The summed E-state index contributed by atoms with van der Waals surface area (Å²) in [6, 6.07) is 28.2. The van der Waals surface area contributed by atoms with Crippen molar-refractivity contribution in [2.45, 2.75) is 118 Å². The average Bonchev–Trinajstić information content (AvgIpc) is 3.31. The normalized spacial score (nSPS) is 11.2. The number of amides is 1. The minimum Gasteiger partial charge on any atom is -0.494 e. The Labute approximate surface area is 385 Å². The maximum Gasteiger partial charge on any atom is 0.335 e. The van der Waals surface area contributed by atoms with E-state index < -0.39 is 17.8 Å². The number of aromatic carboxylic acids is 1. The van der Waals surface area contributed by atoms with E-state index in [4.69, 9.17) is 15.2 Å². The largest absolute Gasteiger partial charge is 0.494 e. The number of hydrogen-bond donors (Lipinski definition) is 3. The molecule has 11 nitrogen and oxygen atoms in total. The number of benzene rings is 5. The van der Waals surface area contributed by atoms with Crippen molar-refractivity contribution in [3.8, 4) is 11.5 Å². The molecule has 0 aromatic heterocycles. The van der Waals surface area contributed by atoms with E-state index in [1.165, 1.54) is 23.8 Å². The number of unbranched alkanes of at least 4 members (excludes halogenated alkanes) is 7. The molecular weight excluding hydrogens is 815 g/mol. The molecular formula is C54H67N5O6. The van der Waals surface area contributed by atoms with Crippen LogP contribution in [0.2, 0.25) is 0 Å². The molecule has 0 aliphatic heterocycles. The predicted molar refractivity (Wildman–Crippen MR) is 263 cm³/mol. The summed E-state index contributed by atoms with van der Waals surface area (Å²) in [6.07, 6.45) is 12.0. The quantitative estimate of drug-likeness (QED) is 0.0172. The molecule has 344 valence electrons. The van der Waals surface area contributed by atoms with Gasteiger partial charge in [-0.05, 0) is 145 Å². The van der Waals surface area contributed by atoms with E-state index in [9.17, 15) is 19.5 Å². The topological polar surface area (TPSA) is 156 Å². The zero-order valence-corrected chi connectivity index (χ0v) is 39.2. The van der Waals surface area contributed by atoms with Gasteiger partial charge in [0.1, 0.15) is 11.5 Å². The molecule has 0 saturated carbocycles. The number of esters is 1. The third kappa shape index (κ3) is 15.1. The van der Waals surface area contributed by atoms with Crippen molar-refractivity contribution < 1.29 is 29.0 Å². The van der Waals surface area contributed by atoms with E-state index in [-0.39, 0.29) is 23.3 Å². The zero-order chi connectivity index (χ0) is 46.7. The second-order valence-electron chi connectivity index (χ2n) is 16.7. The summed E-state index contributed by atoms with van der Waals surface area (Å²) in [5.74, 6) is -1.30. The summed E-state index contributed by atoms with van der Waals surface area (Å²) < 4.78 is 11.5. The molecule has 0 aliphatic carbocycles. The minimum atomic E-state index is -1.22. The number of ether oxygens (including phenoxy) is 2. The molecule has 0 atom stereocenters. The fourth-order valence-corrected chi connectivity index (χ4v) is 7.88. The Morgan fingerprint density at radius 3 is 1.63 bits per heavy atom. The van der Waals surface area contributed by atoms with E-state index in [0.29, 0.717) is 25.9 Å². The molecule has 0 unspecified atom stereocenters. The Kier molecular flexibility index (Phi) is 19.1. The van der Waals surface area contributed by atoms with Crippen LogP contribution in [0.25, 0.3) is 0 Å². The molecule has 0 aliphatic rings. The number of carboxylic acid groups (broad SMARTS) is 1. The van der Waals surface area contributed by atoms with Crippen molar-refractivity contribution in [1.82, 2.24) is 0 Å². The van der Waals surface area contributed by atoms with Crippen molar-refractivity contribution >= 4 is 46.3 Å². The second-order valence-corrected chi connectivity index (χ2v) is 16.7. The number of nitrogens with two attached hydrogens (primary N) is 1. The number of anilines is 3. The number of nitrogens with zero attached hydrogens (tertiary/aromatic N) is 3. The van der Waals surface area contributed by atoms with Crippen LogP contribution in [0.4, 0.5) is 28.4 Å². The Balaban J connectivity index is 1.02. The number of aryl methyl sites for hydroxylation is 4. The van der Waals surface area contributed by atoms with Gasteiger partial charge in [-0.25, -0.2) is 4.79 Å². The van der Waals surface area contributed by atoms with Crippen LogP contribution in [0.5, 0.6) is 11.5 Å². The van der Waals surface area contributed by atoms with Gasteiger partial charge < -0.3 is 30.5 Å². The first-order valence-electron chi connectivity index (χ1n) is 23.3. The molecule has 0 radical (unpaired) electrons. The molecule has 0 spiro atoms. The summed E-state index contributed by atoms with van der Waals surface area (Å²) >= 11 is 0. The highest BCUT2D eigenvalue weighted by Crippen LogP contribution is 2.30. The lowest BCUT2D eigenvalue weighted by Gasteiger charge is -2.18. The lowest BCUT2D eigenvalue weighted by atomic mass is 9.92. The summed E-state index contributed by atoms with van der Waals surface area (Å²) in [7, 11) is 4.01. The highest BCUT2D eigenvalue weighted by molar-refractivity contribution is 6.07. The molecule has 0 heterocycles. The molecule has 0 bridgehead atoms. The van der Waals surface area contributed by atoms with Crippen molar-refractivity contribution in [2.24, 2.45) is 10.2 Å². The number of rotatable bonds is 25. The smallest absolute Gasteiger partial charge is 0.335 e. The van der Waals surface area contributed by atoms with Crippen LogP contribution in [0, 0.1) is 0 Å². The summed E-state index contributed by atoms with van der Waals surface area (Å²) in [4.78, 5) is 40.7. The van der Waals surface area contributed by atoms with Gasteiger partial charge in [0.25, 0.3) is 5.91 Å². The molecule has 0 saturated heterocycles. The first kappa shape index (κ1) is 49.5. The molecule has 11 heteroatoms. The number of carbonyl (C=O) groups excluding carboxylic acids is 2. The highest BCUT2D eigenvalue weighted by Gasteiger charge is 2.19. The van der Waals surface area contributed by atoms with Gasteiger partial charge in [-0.15, -0.1) is 0 Å². The van der Waals surface area contributed by atoms with Gasteiger partial charge in [-0.1, -0.05) is 90.5 Å². The van der Waals surface area contributed by atoms with Crippen LogP contribution in [-0.4, -0.2) is 43.7 Å². The predicted octanol–water partition coefficient (Wildman–Crippen LogP) is 13.0. The average molecular weight is 882 g/mol. The van der Waals surface area contributed by atoms with Crippen LogP contribution >= 0.6 is 0 Å². The van der Waals surface area contributed by atoms with Gasteiger partial charge in [0.05, 0.1) is 23.5 Å². The zero-order valence-electron chi connectivity index (χ0n) is 39.2. The Morgan fingerprint density at radius 1 is 0.615 bits per heavy atom. The van der Waals surface area contributed by atoms with Crippen molar-refractivity contribution in [3.05, 3.63) is 136 Å². The van der Waals surface area contributed by atoms with Gasteiger partial charge in [-0.2, -0.15) is 10.2 Å². The van der Waals surface area contributed by atoms with Gasteiger partial charge in [0, 0.05) is 43.1 Å². The standard InChI is InChI=1S/C54H67N5O6/c1-7-39-30-37(31-40(8-2)51(39)55)29-38-32-41(9-3)52(42(10-4)33-38)56-53(61)43-34-44(54(62)63)36-49(35-43)65-50(60)19-17-15-13-11-12-14-16-18-28-64-48-26-22-46(23-27-48)58-57-45-20-24-47(25-21-45)59(5)6/h20-27,30-36H,7-19,28-29,55H2,1-6H3,(H,56,61)(H,62,63). The second kappa shape index (κ2) is 25.1. The Hall–Kier alpha value is -6.49. The molecule has 5 aromatic rings. The van der Waals surface area contributed by atoms with Crippen molar-refractivity contribution in [2.75, 3.05) is 36.7 Å². The Morgan fingerprint density at radius 2 is 1.11 bits per heavy atom. The number of carboxylic acids is 1. The van der Waals surface area contributed by atoms with Gasteiger partial charge in [0.2, 0.25) is 0 Å². The number of azo groups is 1. The van der Waals surface area contributed by atoms with Crippen LogP contribution in [-0.2, 0) is 36.9 Å². The van der Waals surface area contributed by atoms with Gasteiger partial charge >= 0.3 is 11.9 Å². The molecule has 0 fully saturated rings. The first-order valence-corrected chi connectivity index (χ1v) is 23.3. The molecule has 1 amide bonds. The fraction of sp³-hybridized carbons (Fsp3) is 0.389. The molecule has 5 rings (SSSR count). The number of carbonyl (C=O) groups is 3. The lowest BCUT2D eigenvalue weighted by Crippen LogP contribution is -2.17. The SMILES string of the molecule is CCc1cc(Cc2cc(CC)c(NC(=O)c3cc(OC(=O)CCCCCCCCCCOc4ccc(N=Nc5ccc(N(C)C)cc5)cc4)cc(C(=O)O)c3)c(CC)c2)cc(CC)c1N. The van der Waals surface area contributed by atoms with Crippen molar-refractivity contribution in [3.63, 3.8) is 0 Å². The Bertz CT molecular complexity index is 2340. The van der Waals surface area contributed by atoms with Gasteiger partial charge in [0.15, 0.2) is 0 Å². The van der Waals surface area contributed by atoms with Crippen LogP contribution < -0.4 is 25.4 Å². The van der Waals surface area contributed by atoms with Crippen LogP contribution in [0.3, 0.4) is 0 Å². The summed E-state index contributed by atoms with van der Waals surface area (Å²) in [5, 5.41) is 21.6. The maximum absolute atomic E-state index is 13.8. The molecule has 65 heavy (non-hydrogen) atoms. The van der Waals surface area contributed by atoms with E-state index in [1.807, 2.05) is 81.4 Å². The van der Waals surface area contributed by atoms with Crippen LogP contribution in [0.1, 0.15) is 140 Å². The fourth-order valence-electron chi connectivity index (χ4n) is 7.88. The summed E-state index contributed by atoms with van der Waals surface area (Å²) in [5.41, 5.74) is 17.3. The number of nitrogen functional groups attached to an aromatic ring is 1. The minimum absolute atomic E-state index is 0.0356. The van der Waals surface area contributed by atoms with E-state index >= 15 is 0 Å². The summed E-state index contributed by atoms with van der Waals surface area (Å²) in [6.45, 7) is 8.99. The van der Waals surface area contributed by atoms with Gasteiger partial charge in [-0.3, -0.25) is 9.59 Å². The third-order valence-corrected chi connectivity index (χ3v) is 11.6. The lowest BCUT2D eigenvalue weighted by molar-refractivity contribution is -0.134. The molecule has 5 aromatic carbocycles. The number of nitrogens with one attached hydrogen (secondary N) is 1. The number of hydrogen-bond acceptors (Lipinski definition) is 9. The highest BCUT2D eigenvalue weighted by atomic mass is 16.5. The third-order valence-electron chi connectivity index (χ3n) is 11.6. The van der Waals surface area contributed by atoms with Crippen molar-refractivity contribution in [1.29, 1.82) is 0 Å². The van der Waals surface area contributed by atoms with E-state index in [0.717, 1.165) is 126 Å². The van der Waals surface area contributed by atoms with Crippen LogP contribution in [0.15, 0.2) is 101 Å². The van der Waals surface area contributed by atoms with E-state index in [1.54, 1.807) is 0 Å². The molecule has 4 N–H and O–H groups in total. The monoisotopic (exact) mass is 882 g/mol.